The number of alkyl carbamates (subject to hydrolysis) is 1. The standard InChI is InChI=1S/C26H31N3O5/c1-4-26(24(31)32)15-29(16-26)23(30)22(13-28(2)3)27-25(33)34-14-21-19-11-7-5-9-17(19)18-10-6-8-12-20(18)21/h5-12,21-22H,4,13-16H2,1-3H3,(H,27,33)(H,31,32). The summed E-state index contributed by atoms with van der Waals surface area (Å²) in [6.07, 6.45) is -0.216. The Morgan fingerprint density at radius 1 is 1.09 bits per heavy atom. The Morgan fingerprint density at radius 2 is 1.65 bits per heavy atom. The van der Waals surface area contributed by atoms with E-state index in [2.05, 4.69) is 17.4 Å². The van der Waals surface area contributed by atoms with Crippen LogP contribution in [0.5, 0.6) is 0 Å². The number of fused-ring (bicyclic) bond motifs is 3. The summed E-state index contributed by atoms with van der Waals surface area (Å²) >= 11 is 0. The SMILES string of the molecule is CCC1(C(=O)O)CN(C(=O)C(CN(C)C)NC(=O)OCC2c3ccccc3-c3ccccc32)C1. The van der Waals surface area contributed by atoms with Gasteiger partial charge in [0.15, 0.2) is 0 Å². The fourth-order valence-corrected chi connectivity index (χ4v) is 4.90. The van der Waals surface area contributed by atoms with Crippen LogP contribution in [0.2, 0.25) is 0 Å². The van der Waals surface area contributed by atoms with E-state index in [1.165, 1.54) is 4.90 Å². The Bertz CT molecular complexity index is 1050. The van der Waals surface area contributed by atoms with Crippen molar-refractivity contribution in [3.63, 3.8) is 0 Å². The second kappa shape index (κ2) is 9.46. The molecule has 8 heteroatoms. The van der Waals surface area contributed by atoms with Crippen molar-refractivity contribution in [2.45, 2.75) is 25.3 Å². The van der Waals surface area contributed by atoms with Crippen molar-refractivity contribution < 1.29 is 24.2 Å². The molecule has 0 aromatic heterocycles. The molecule has 1 saturated heterocycles. The molecule has 0 saturated carbocycles. The van der Waals surface area contributed by atoms with Crippen LogP contribution in [0.1, 0.15) is 30.4 Å². The number of likely N-dealkylation sites (tertiary alicyclic amines) is 1. The number of carboxylic acids is 1. The lowest BCUT2D eigenvalue weighted by Crippen LogP contribution is -2.66. The van der Waals surface area contributed by atoms with Gasteiger partial charge in [-0.2, -0.15) is 0 Å². The number of carbonyl (C=O) groups is 3. The maximum atomic E-state index is 13.0. The number of rotatable bonds is 8. The average molecular weight is 466 g/mol. The number of amides is 2. The van der Waals surface area contributed by atoms with E-state index in [4.69, 9.17) is 4.74 Å². The zero-order valence-electron chi connectivity index (χ0n) is 19.8. The maximum Gasteiger partial charge on any atom is 0.407 e. The first-order valence-corrected chi connectivity index (χ1v) is 11.5. The van der Waals surface area contributed by atoms with Gasteiger partial charge in [0.1, 0.15) is 18.1 Å². The smallest absolute Gasteiger partial charge is 0.407 e. The van der Waals surface area contributed by atoms with Crippen molar-refractivity contribution in [2.75, 3.05) is 40.3 Å². The van der Waals surface area contributed by atoms with Gasteiger partial charge in [-0.05, 0) is 42.8 Å². The third-order valence-electron chi connectivity index (χ3n) is 6.91. The van der Waals surface area contributed by atoms with Crippen LogP contribution >= 0.6 is 0 Å². The molecule has 180 valence electrons. The lowest BCUT2D eigenvalue weighted by atomic mass is 9.77. The minimum atomic E-state index is -0.901. The number of likely N-dealkylation sites (N-methyl/N-ethyl adjacent to an activating group) is 1. The monoisotopic (exact) mass is 465 g/mol. The lowest BCUT2D eigenvalue weighted by molar-refractivity contribution is -0.167. The molecule has 34 heavy (non-hydrogen) atoms. The van der Waals surface area contributed by atoms with Crippen LogP contribution in [0.25, 0.3) is 11.1 Å². The number of benzene rings is 2. The Kier molecular flexibility index (Phi) is 6.61. The van der Waals surface area contributed by atoms with Crippen molar-refractivity contribution in [3.8, 4) is 11.1 Å². The largest absolute Gasteiger partial charge is 0.481 e. The van der Waals surface area contributed by atoms with Crippen LogP contribution in [-0.2, 0) is 14.3 Å². The summed E-state index contributed by atoms with van der Waals surface area (Å²) in [5.74, 6) is -1.27. The molecule has 2 aromatic rings. The number of nitrogens with zero attached hydrogens (tertiary/aromatic N) is 2. The van der Waals surface area contributed by atoms with Crippen molar-refractivity contribution in [1.82, 2.24) is 15.1 Å². The highest BCUT2D eigenvalue weighted by molar-refractivity contribution is 5.89. The average Bonchev–Trinajstić information content (AvgIpc) is 3.10. The molecular formula is C26H31N3O5. The number of hydrogen-bond acceptors (Lipinski definition) is 5. The van der Waals surface area contributed by atoms with E-state index in [-0.39, 0.29) is 38.1 Å². The highest BCUT2D eigenvalue weighted by Crippen LogP contribution is 2.44. The van der Waals surface area contributed by atoms with Crippen molar-refractivity contribution >= 4 is 18.0 Å². The number of hydrogen-bond donors (Lipinski definition) is 2. The van der Waals surface area contributed by atoms with E-state index in [1.807, 2.05) is 57.4 Å². The molecule has 0 bridgehead atoms. The van der Waals surface area contributed by atoms with Gasteiger partial charge in [-0.25, -0.2) is 4.79 Å². The summed E-state index contributed by atoms with van der Waals surface area (Å²) in [6.45, 7) is 2.54. The second-order valence-corrected chi connectivity index (χ2v) is 9.42. The molecule has 2 N–H and O–H groups in total. The quantitative estimate of drug-likeness (QED) is 0.622. The fraction of sp³-hybridized carbons (Fsp3) is 0.423. The van der Waals surface area contributed by atoms with E-state index < -0.39 is 23.5 Å². The predicted octanol–water partition coefficient (Wildman–Crippen LogP) is 2.78. The first-order valence-electron chi connectivity index (χ1n) is 11.5. The van der Waals surface area contributed by atoms with Gasteiger partial charge >= 0.3 is 12.1 Å². The van der Waals surface area contributed by atoms with Crippen LogP contribution in [0.3, 0.4) is 0 Å². The molecule has 1 fully saturated rings. The summed E-state index contributed by atoms with van der Waals surface area (Å²) in [7, 11) is 3.62. The lowest BCUT2D eigenvalue weighted by Gasteiger charge is -2.47. The van der Waals surface area contributed by atoms with E-state index >= 15 is 0 Å². The molecule has 8 nitrogen and oxygen atoms in total. The van der Waals surface area contributed by atoms with Crippen LogP contribution in [0.4, 0.5) is 4.79 Å². The Morgan fingerprint density at radius 3 is 2.15 bits per heavy atom. The van der Waals surface area contributed by atoms with Crippen LogP contribution < -0.4 is 5.32 Å². The number of carbonyl (C=O) groups excluding carboxylic acids is 2. The van der Waals surface area contributed by atoms with E-state index in [0.717, 1.165) is 22.3 Å². The van der Waals surface area contributed by atoms with Gasteiger partial charge in [0.2, 0.25) is 5.91 Å². The van der Waals surface area contributed by atoms with Gasteiger partial charge in [0, 0.05) is 25.6 Å². The number of aliphatic carboxylic acids is 1. The first-order chi connectivity index (χ1) is 16.3. The van der Waals surface area contributed by atoms with Gasteiger partial charge < -0.3 is 25.0 Å². The molecule has 1 atom stereocenters. The van der Waals surface area contributed by atoms with Crippen LogP contribution in [0.15, 0.2) is 48.5 Å². The summed E-state index contributed by atoms with van der Waals surface area (Å²) in [6, 6.07) is 15.4. The Labute approximate surface area is 199 Å². The summed E-state index contributed by atoms with van der Waals surface area (Å²) in [5.41, 5.74) is 3.61. The molecule has 4 rings (SSSR count). The molecule has 0 radical (unpaired) electrons. The van der Waals surface area contributed by atoms with Crippen LogP contribution in [0, 0.1) is 5.41 Å². The minimum Gasteiger partial charge on any atom is -0.481 e. The molecule has 1 unspecified atom stereocenters. The number of ether oxygens (including phenoxy) is 1. The molecule has 2 aliphatic rings. The highest BCUT2D eigenvalue weighted by Gasteiger charge is 2.51. The first kappa shape index (κ1) is 23.8. The molecule has 1 aliphatic carbocycles. The van der Waals surface area contributed by atoms with Crippen LogP contribution in [-0.4, -0.2) is 79.3 Å². The molecule has 0 spiro atoms. The number of carboxylic acid groups (broad SMARTS) is 1. The molecule has 1 aliphatic heterocycles. The summed E-state index contributed by atoms with van der Waals surface area (Å²) in [4.78, 5) is 40.6. The summed E-state index contributed by atoms with van der Waals surface area (Å²) in [5, 5.41) is 12.2. The minimum absolute atomic E-state index is 0.0720. The third-order valence-corrected chi connectivity index (χ3v) is 6.91. The van der Waals surface area contributed by atoms with Crippen molar-refractivity contribution in [1.29, 1.82) is 0 Å². The predicted molar refractivity (Wildman–Crippen MR) is 127 cm³/mol. The van der Waals surface area contributed by atoms with Gasteiger partial charge in [-0.15, -0.1) is 0 Å². The van der Waals surface area contributed by atoms with Crippen molar-refractivity contribution in [2.24, 2.45) is 5.41 Å². The fourth-order valence-electron chi connectivity index (χ4n) is 4.90. The second-order valence-electron chi connectivity index (χ2n) is 9.42. The van der Waals surface area contributed by atoms with Gasteiger partial charge in [0.25, 0.3) is 0 Å². The Balaban J connectivity index is 1.41. The normalized spacial score (nSPS) is 16.9. The zero-order chi connectivity index (χ0) is 24.5. The summed E-state index contributed by atoms with van der Waals surface area (Å²) < 4.78 is 5.60. The van der Waals surface area contributed by atoms with Crippen molar-refractivity contribution in [3.05, 3.63) is 59.7 Å². The Hall–Kier alpha value is -3.39. The topological polar surface area (TPSA) is 99.2 Å². The third kappa shape index (κ3) is 4.37. The zero-order valence-corrected chi connectivity index (χ0v) is 19.8. The van der Waals surface area contributed by atoms with Gasteiger partial charge in [-0.3, -0.25) is 9.59 Å². The van der Waals surface area contributed by atoms with E-state index in [1.54, 1.807) is 4.90 Å². The molecule has 1 heterocycles. The highest BCUT2D eigenvalue weighted by atomic mass is 16.5. The maximum absolute atomic E-state index is 13.0. The van der Waals surface area contributed by atoms with Gasteiger partial charge in [0.05, 0.1) is 0 Å². The van der Waals surface area contributed by atoms with Gasteiger partial charge in [-0.1, -0.05) is 55.5 Å². The molecular weight excluding hydrogens is 434 g/mol. The van der Waals surface area contributed by atoms with E-state index in [0.29, 0.717) is 6.42 Å². The molecule has 2 amide bonds. The van der Waals surface area contributed by atoms with E-state index in [9.17, 15) is 19.5 Å². The number of nitrogens with one attached hydrogen (secondary N) is 1. The molecule has 2 aromatic carbocycles.